The number of nitrogens with two attached hydrogens (primary N) is 1. The van der Waals surface area contributed by atoms with Gasteiger partial charge < -0.3 is 10.8 Å². The molecule has 0 bridgehead atoms. The summed E-state index contributed by atoms with van der Waals surface area (Å²) in [6.07, 6.45) is 1.06. The Labute approximate surface area is 78.5 Å². The van der Waals surface area contributed by atoms with Crippen molar-refractivity contribution in [1.82, 2.24) is 4.90 Å². The highest BCUT2D eigenvalue weighted by Gasteiger charge is 2.26. The van der Waals surface area contributed by atoms with Crippen molar-refractivity contribution in [3.8, 4) is 0 Å². The first-order valence-electron chi connectivity index (χ1n) is 4.29. The summed E-state index contributed by atoms with van der Waals surface area (Å²) >= 11 is 4.90. The maximum atomic E-state index is 8.91. The summed E-state index contributed by atoms with van der Waals surface area (Å²) in [5.74, 6) is 0.418. The Balaban J connectivity index is 2.41. The zero-order valence-corrected chi connectivity index (χ0v) is 8.18. The average Bonchev–Trinajstić information content (AvgIpc) is 2.50. The van der Waals surface area contributed by atoms with Crippen LogP contribution in [0.1, 0.15) is 13.3 Å². The lowest BCUT2D eigenvalue weighted by Gasteiger charge is -2.22. The van der Waals surface area contributed by atoms with Crippen LogP contribution < -0.4 is 5.73 Å². The second-order valence-electron chi connectivity index (χ2n) is 3.41. The van der Waals surface area contributed by atoms with Gasteiger partial charge in [0.1, 0.15) is 0 Å². The first-order valence-corrected chi connectivity index (χ1v) is 4.70. The minimum Gasteiger partial charge on any atom is -0.396 e. The summed E-state index contributed by atoms with van der Waals surface area (Å²) in [5, 5.41) is 8.91. The molecule has 0 radical (unpaired) electrons. The molecule has 2 atom stereocenters. The standard InChI is InChI=1S/C8H16N2OS/c1-6(8(9)12)10-3-2-7(4-10)5-11/h6-7,11H,2-5H2,1H3,(H2,9,12). The maximum Gasteiger partial charge on any atom is 0.0899 e. The molecule has 1 heterocycles. The molecule has 1 aliphatic heterocycles. The van der Waals surface area contributed by atoms with Gasteiger partial charge in [0.05, 0.1) is 11.0 Å². The molecule has 2 unspecified atom stereocenters. The van der Waals surface area contributed by atoms with E-state index in [1.807, 2.05) is 6.92 Å². The summed E-state index contributed by atoms with van der Waals surface area (Å²) in [6.45, 7) is 4.22. The van der Waals surface area contributed by atoms with Gasteiger partial charge in [0.15, 0.2) is 0 Å². The van der Waals surface area contributed by atoms with Crippen molar-refractivity contribution < 1.29 is 5.11 Å². The fourth-order valence-corrected chi connectivity index (χ4v) is 1.69. The van der Waals surface area contributed by atoms with Gasteiger partial charge in [-0.2, -0.15) is 0 Å². The highest BCUT2D eigenvalue weighted by Crippen LogP contribution is 2.17. The van der Waals surface area contributed by atoms with Crippen molar-refractivity contribution in [2.75, 3.05) is 19.7 Å². The van der Waals surface area contributed by atoms with Crippen molar-refractivity contribution in [3.05, 3.63) is 0 Å². The van der Waals surface area contributed by atoms with Crippen LogP contribution in [-0.2, 0) is 0 Å². The van der Waals surface area contributed by atoms with Crippen LogP contribution in [0.15, 0.2) is 0 Å². The Hall–Kier alpha value is -0.190. The van der Waals surface area contributed by atoms with Crippen molar-refractivity contribution in [2.45, 2.75) is 19.4 Å². The van der Waals surface area contributed by atoms with E-state index in [4.69, 9.17) is 23.1 Å². The molecule has 3 nitrogen and oxygen atoms in total. The molecule has 1 saturated heterocycles. The van der Waals surface area contributed by atoms with Gasteiger partial charge in [0.25, 0.3) is 0 Å². The Morgan fingerprint density at radius 2 is 2.50 bits per heavy atom. The van der Waals surface area contributed by atoms with Crippen LogP contribution in [-0.4, -0.2) is 40.7 Å². The van der Waals surface area contributed by atoms with Crippen molar-refractivity contribution in [2.24, 2.45) is 11.7 Å². The summed E-state index contributed by atoms with van der Waals surface area (Å²) in [4.78, 5) is 2.78. The van der Waals surface area contributed by atoms with Crippen LogP contribution >= 0.6 is 12.2 Å². The van der Waals surface area contributed by atoms with Crippen LogP contribution in [0.5, 0.6) is 0 Å². The molecule has 12 heavy (non-hydrogen) atoms. The largest absolute Gasteiger partial charge is 0.396 e. The van der Waals surface area contributed by atoms with E-state index < -0.39 is 0 Å². The van der Waals surface area contributed by atoms with Gasteiger partial charge in [-0.3, -0.25) is 4.90 Å². The Morgan fingerprint density at radius 1 is 1.83 bits per heavy atom. The third-order valence-corrected chi connectivity index (χ3v) is 2.88. The van der Waals surface area contributed by atoms with Gasteiger partial charge in [-0.15, -0.1) is 0 Å². The SMILES string of the molecule is CC(C(N)=S)N1CCC(CO)C1. The number of thiocarbonyl (C=S) groups is 1. The Kier molecular flexibility index (Phi) is 3.43. The van der Waals surface area contributed by atoms with Gasteiger partial charge in [-0.05, 0) is 25.8 Å². The number of aliphatic hydroxyl groups excluding tert-OH is 1. The molecule has 1 rings (SSSR count). The van der Waals surface area contributed by atoms with Crippen LogP contribution in [0.3, 0.4) is 0 Å². The third-order valence-electron chi connectivity index (χ3n) is 2.53. The molecule has 0 aromatic heterocycles. The minimum atomic E-state index is 0.177. The zero-order valence-electron chi connectivity index (χ0n) is 7.36. The number of likely N-dealkylation sites (tertiary alicyclic amines) is 1. The summed E-state index contributed by atoms with van der Waals surface area (Å²) in [7, 11) is 0. The van der Waals surface area contributed by atoms with Crippen molar-refractivity contribution in [3.63, 3.8) is 0 Å². The maximum absolute atomic E-state index is 8.91. The van der Waals surface area contributed by atoms with E-state index in [9.17, 15) is 0 Å². The lowest BCUT2D eigenvalue weighted by molar-refractivity contribution is 0.218. The van der Waals surface area contributed by atoms with Gasteiger partial charge in [-0.1, -0.05) is 12.2 Å². The molecule has 1 fully saturated rings. The molecule has 0 aliphatic carbocycles. The number of hydrogen-bond donors (Lipinski definition) is 2. The highest BCUT2D eigenvalue weighted by molar-refractivity contribution is 7.80. The van der Waals surface area contributed by atoms with Gasteiger partial charge in [0, 0.05) is 13.2 Å². The lowest BCUT2D eigenvalue weighted by Crippen LogP contribution is -2.40. The normalized spacial score (nSPS) is 27.3. The smallest absolute Gasteiger partial charge is 0.0899 e. The first kappa shape index (κ1) is 9.89. The molecule has 0 saturated carbocycles. The fourth-order valence-electron chi connectivity index (χ4n) is 1.54. The highest BCUT2D eigenvalue weighted by atomic mass is 32.1. The van der Waals surface area contributed by atoms with E-state index in [0.29, 0.717) is 10.9 Å². The second kappa shape index (κ2) is 4.16. The Morgan fingerprint density at radius 3 is 2.92 bits per heavy atom. The Bertz CT molecular complexity index is 174. The van der Waals surface area contributed by atoms with Gasteiger partial charge in [0.2, 0.25) is 0 Å². The van der Waals surface area contributed by atoms with E-state index >= 15 is 0 Å². The molecule has 0 aromatic carbocycles. The summed E-state index contributed by atoms with van der Waals surface area (Å²) < 4.78 is 0. The fraction of sp³-hybridized carbons (Fsp3) is 0.875. The molecule has 0 amide bonds. The molecular weight excluding hydrogens is 172 g/mol. The molecular formula is C8H16N2OS. The zero-order chi connectivity index (χ0) is 9.14. The number of rotatable bonds is 3. The van der Waals surface area contributed by atoms with Gasteiger partial charge >= 0.3 is 0 Å². The predicted octanol–water partition coefficient (Wildman–Crippen LogP) is -0.0248. The quantitative estimate of drug-likeness (QED) is 0.611. The molecule has 0 aromatic rings. The van der Waals surface area contributed by atoms with Crippen molar-refractivity contribution in [1.29, 1.82) is 0 Å². The molecule has 1 aliphatic rings. The second-order valence-corrected chi connectivity index (χ2v) is 3.88. The monoisotopic (exact) mass is 188 g/mol. The predicted molar refractivity (Wildman–Crippen MR) is 53.0 cm³/mol. The summed E-state index contributed by atoms with van der Waals surface area (Å²) in [6, 6.07) is 0.177. The average molecular weight is 188 g/mol. The van der Waals surface area contributed by atoms with E-state index in [1.54, 1.807) is 0 Å². The summed E-state index contributed by atoms with van der Waals surface area (Å²) in [5.41, 5.74) is 5.53. The molecule has 70 valence electrons. The van der Waals surface area contributed by atoms with E-state index in [2.05, 4.69) is 4.90 Å². The van der Waals surface area contributed by atoms with E-state index in [0.717, 1.165) is 19.5 Å². The molecule has 0 spiro atoms. The van der Waals surface area contributed by atoms with Crippen LogP contribution in [0, 0.1) is 5.92 Å². The number of nitrogens with zero attached hydrogens (tertiary/aromatic N) is 1. The van der Waals surface area contributed by atoms with E-state index in [-0.39, 0.29) is 12.6 Å². The molecule has 3 N–H and O–H groups in total. The first-order chi connectivity index (χ1) is 5.65. The van der Waals surface area contributed by atoms with Gasteiger partial charge in [-0.25, -0.2) is 0 Å². The number of hydrogen-bond acceptors (Lipinski definition) is 3. The third kappa shape index (κ3) is 2.15. The topological polar surface area (TPSA) is 49.5 Å². The lowest BCUT2D eigenvalue weighted by atomic mass is 10.1. The van der Waals surface area contributed by atoms with Crippen LogP contribution in [0.25, 0.3) is 0 Å². The van der Waals surface area contributed by atoms with E-state index in [1.165, 1.54) is 0 Å². The minimum absolute atomic E-state index is 0.177. The van der Waals surface area contributed by atoms with Crippen LogP contribution in [0.4, 0.5) is 0 Å². The molecule has 4 heteroatoms. The van der Waals surface area contributed by atoms with Crippen molar-refractivity contribution >= 4 is 17.2 Å². The van der Waals surface area contributed by atoms with Crippen LogP contribution in [0.2, 0.25) is 0 Å². The number of aliphatic hydroxyl groups is 1.